The first-order chi connectivity index (χ1) is 11.3. The summed E-state index contributed by atoms with van der Waals surface area (Å²) < 4.78 is 28.1. The van der Waals surface area contributed by atoms with Gasteiger partial charge in [-0.25, -0.2) is 9.18 Å². The fourth-order valence-corrected chi connectivity index (χ4v) is 1.75. The Morgan fingerprint density at radius 3 is 2.54 bits per heavy atom. The van der Waals surface area contributed by atoms with Gasteiger partial charge in [-0.15, -0.1) is 0 Å². The van der Waals surface area contributed by atoms with Crippen molar-refractivity contribution in [2.75, 3.05) is 11.9 Å². The molecule has 0 fully saturated rings. The number of hydrogen-bond donors (Lipinski definition) is 1. The zero-order chi connectivity index (χ0) is 17.7. The molecule has 1 heterocycles. The third-order valence-electron chi connectivity index (χ3n) is 2.91. The van der Waals surface area contributed by atoms with Crippen LogP contribution in [0.5, 0.6) is 5.75 Å². The van der Waals surface area contributed by atoms with Gasteiger partial charge in [-0.3, -0.25) is 4.79 Å². The van der Waals surface area contributed by atoms with Gasteiger partial charge in [0, 0.05) is 6.07 Å². The van der Waals surface area contributed by atoms with Crippen molar-refractivity contribution in [3.63, 3.8) is 0 Å². The molecule has 7 nitrogen and oxygen atoms in total. The first-order valence-electron chi connectivity index (χ1n) is 7.11. The Balaban J connectivity index is 1.85. The van der Waals surface area contributed by atoms with Crippen LogP contribution < -0.4 is 10.1 Å². The smallest absolute Gasteiger partial charge is 0.350 e. The van der Waals surface area contributed by atoms with E-state index >= 15 is 0 Å². The molecule has 2 aromatic rings. The average molecular weight is 336 g/mol. The highest BCUT2D eigenvalue weighted by Gasteiger charge is 2.32. The lowest BCUT2D eigenvalue weighted by Gasteiger charge is -2.24. The Labute approximate surface area is 137 Å². The standard InChI is InChI=1S/C16H17FN2O5/c1-10-8-13(19-24-10)18-14(20)9-22-15(21)16(2,3)23-12-6-4-11(17)5-7-12/h4-8H,9H2,1-3H3,(H,18,19,20). The fourth-order valence-electron chi connectivity index (χ4n) is 1.75. The van der Waals surface area contributed by atoms with Crippen LogP contribution >= 0.6 is 0 Å². The number of ether oxygens (including phenoxy) is 2. The number of aryl methyl sites for hydroxylation is 1. The third-order valence-corrected chi connectivity index (χ3v) is 2.91. The van der Waals surface area contributed by atoms with E-state index in [1.807, 2.05) is 0 Å². The van der Waals surface area contributed by atoms with Gasteiger partial charge in [0.2, 0.25) is 0 Å². The van der Waals surface area contributed by atoms with Crippen molar-refractivity contribution >= 4 is 17.7 Å². The van der Waals surface area contributed by atoms with Crippen LogP contribution in [0.3, 0.4) is 0 Å². The molecule has 24 heavy (non-hydrogen) atoms. The minimum atomic E-state index is -1.34. The fraction of sp³-hybridized carbons (Fsp3) is 0.312. The number of anilines is 1. The van der Waals surface area contributed by atoms with Gasteiger partial charge in [0.05, 0.1) is 0 Å². The summed E-state index contributed by atoms with van der Waals surface area (Å²) in [5, 5.41) is 6.01. The average Bonchev–Trinajstić information content (AvgIpc) is 2.92. The first-order valence-corrected chi connectivity index (χ1v) is 7.11. The molecule has 0 radical (unpaired) electrons. The maximum atomic E-state index is 12.9. The van der Waals surface area contributed by atoms with Crippen LogP contribution in [-0.2, 0) is 14.3 Å². The van der Waals surface area contributed by atoms with Gasteiger partial charge in [0.25, 0.3) is 5.91 Å². The Morgan fingerprint density at radius 2 is 1.96 bits per heavy atom. The van der Waals surface area contributed by atoms with E-state index in [2.05, 4.69) is 10.5 Å². The van der Waals surface area contributed by atoms with E-state index in [9.17, 15) is 14.0 Å². The minimum absolute atomic E-state index is 0.232. The number of rotatable bonds is 6. The maximum Gasteiger partial charge on any atom is 0.350 e. The van der Waals surface area contributed by atoms with Gasteiger partial charge in [0.15, 0.2) is 18.0 Å². The number of esters is 1. The summed E-state index contributed by atoms with van der Waals surface area (Å²) in [7, 11) is 0. The molecule has 128 valence electrons. The van der Waals surface area contributed by atoms with Gasteiger partial charge in [-0.1, -0.05) is 5.16 Å². The molecule has 0 aliphatic rings. The van der Waals surface area contributed by atoms with E-state index in [1.165, 1.54) is 44.2 Å². The highest BCUT2D eigenvalue weighted by molar-refractivity contribution is 5.92. The number of amides is 1. The molecule has 8 heteroatoms. The number of halogens is 1. The van der Waals surface area contributed by atoms with Crippen molar-refractivity contribution in [3.8, 4) is 5.75 Å². The Bertz CT molecular complexity index is 724. The molecule has 1 aromatic heterocycles. The van der Waals surface area contributed by atoms with Crippen LogP contribution in [0, 0.1) is 12.7 Å². The van der Waals surface area contributed by atoms with Crippen LogP contribution in [-0.4, -0.2) is 29.2 Å². The Kier molecular flexibility index (Phi) is 5.18. The molecule has 0 aliphatic heterocycles. The van der Waals surface area contributed by atoms with Crippen LogP contribution in [0.15, 0.2) is 34.9 Å². The SMILES string of the molecule is Cc1cc(NC(=O)COC(=O)C(C)(C)Oc2ccc(F)cc2)no1. The molecular formula is C16H17FN2O5. The third kappa shape index (κ3) is 4.80. The minimum Gasteiger partial charge on any atom is -0.476 e. The first kappa shape index (κ1) is 17.5. The lowest BCUT2D eigenvalue weighted by Crippen LogP contribution is -2.41. The normalized spacial score (nSPS) is 11.0. The molecule has 0 bridgehead atoms. The number of benzene rings is 1. The highest BCUT2D eigenvalue weighted by Crippen LogP contribution is 2.20. The van der Waals surface area contributed by atoms with E-state index in [1.54, 1.807) is 6.92 Å². The summed E-state index contributed by atoms with van der Waals surface area (Å²) in [6.45, 7) is 4.15. The molecule has 1 amide bonds. The predicted octanol–water partition coefficient (Wildman–Crippen LogP) is 2.46. The number of nitrogens with zero attached hydrogens (tertiary/aromatic N) is 1. The van der Waals surface area contributed by atoms with E-state index < -0.39 is 29.9 Å². The van der Waals surface area contributed by atoms with Crippen LogP contribution in [0.1, 0.15) is 19.6 Å². The van der Waals surface area contributed by atoms with Crippen molar-refractivity contribution in [3.05, 3.63) is 41.9 Å². The van der Waals surface area contributed by atoms with Gasteiger partial charge < -0.3 is 19.3 Å². The van der Waals surface area contributed by atoms with Gasteiger partial charge in [0.1, 0.15) is 17.3 Å². The topological polar surface area (TPSA) is 90.7 Å². The van der Waals surface area contributed by atoms with E-state index in [0.717, 1.165) is 0 Å². The Hall–Kier alpha value is -2.90. The summed E-state index contributed by atoms with van der Waals surface area (Å²) in [5.41, 5.74) is -1.34. The lowest BCUT2D eigenvalue weighted by atomic mass is 10.1. The zero-order valence-electron chi connectivity index (χ0n) is 13.5. The number of nitrogens with one attached hydrogen (secondary N) is 1. The molecule has 0 aliphatic carbocycles. The van der Waals surface area contributed by atoms with E-state index in [-0.39, 0.29) is 5.82 Å². The monoisotopic (exact) mass is 336 g/mol. The summed E-state index contributed by atoms with van der Waals surface area (Å²) in [6.07, 6.45) is 0. The lowest BCUT2D eigenvalue weighted by molar-refractivity contribution is -0.161. The van der Waals surface area contributed by atoms with Gasteiger partial charge in [-0.05, 0) is 45.0 Å². The van der Waals surface area contributed by atoms with Crippen molar-refractivity contribution in [2.45, 2.75) is 26.4 Å². The molecule has 0 unspecified atom stereocenters. The molecule has 2 rings (SSSR count). The molecular weight excluding hydrogens is 319 g/mol. The highest BCUT2D eigenvalue weighted by atomic mass is 19.1. The van der Waals surface area contributed by atoms with Crippen molar-refractivity contribution in [2.24, 2.45) is 0 Å². The van der Waals surface area contributed by atoms with Gasteiger partial charge in [-0.2, -0.15) is 0 Å². The maximum absolute atomic E-state index is 12.9. The van der Waals surface area contributed by atoms with Crippen LogP contribution in [0.2, 0.25) is 0 Å². The molecule has 0 saturated carbocycles. The van der Waals surface area contributed by atoms with E-state index in [0.29, 0.717) is 11.5 Å². The van der Waals surface area contributed by atoms with Crippen LogP contribution in [0.4, 0.5) is 10.2 Å². The molecule has 1 aromatic carbocycles. The summed E-state index contributed by atoms with van der Waals surface area (Å²) in [4.78, 5) is 23.8. The van der Waals surface area contributed by atoms with E-state index in [4.69, 9.17) is 14.0 Å². The number of aromatic nitrogens is 1. The van der Waals surface area contributed by atoms with Crippen molar-refractivity contribution in [1.82, 2.24) is 5.16 Å². The predicted molar refractivity (Wildman–Crippen MR) is 81.9 cm³/mol. The van der Waals surface area contributed by atoms with Crippen molar-refractivity contribution < 1.29 is 28.0 Å². The molecule has 0 spiro atoms. The number of hydrogen-bond acceptors (Lipinski definition) is 6. The second-order valence-corrected chi connectivity index (χ2v) is 5.51. The quantitative estimate of drug-likeness (QED) is 0.815. The largest absolute Gasteiger partial charge is 0.476 e. The van der Waals surface area contributed by atoms with Gasteiger partial charge >= 0.3 is 5.97 Å². The van der Waals surface area contributed by atoms with Crippen LogP contribution in [0.25, 0.3) is 0 Å². The summed E-state index contributed by atoms with van der Waals surface area (Å²) >= 11 is 0. The zero-order valence-corrected chi connectivity index (χ0v) is 13.5. The summed E-state index contributed by atoms with van der Waals surface area (Å²) in [5.74, 6) is -0.637. The summed E-state index contributed by atoms with van der Waals surface area (Å²) in [6, 6.07) is 6.74. The Morgan fingerprint density at radius 1 is 1.29 bits per heavy atom. The molecule has 0 atom stereocenters. The van der Waals surface area contributed by atoms with Crippen molar-refractivity contribution in [1.29, 1.82) is 0 Å². The number of carbonyl (C=O) groups excluding carboxylic acids is 2. The second kappa shape index (κ2) is 7.12. The molecule has 1 N–H and O–H groups in total. The molecule has 0 saturated heterocycles. The number of carbonyl (C=O) groups is 2. The second-order valence-electron chi connectivity index (χ2n) is 5.51.